The number of nitrogens with zero attached hydrogens (tertiary/aromatic N) is 1. The van der Waals surface area contributed by atoms with Crippen LogP contribution in [-0.4, -0.2) is 52.3 Å². The van der Waals surface area contributed by atoms with Gasteiger partial charge < -0.3 is 24.5 Å². The van der Waals surface area contributed by atoms with E-state index in [0.29, 0.717) is 25.3 Å². The minimum Gasteiger partial charge on any atom is -0.494 e. The molecule has 30 heavy (non-hydrogen) atoms. The van der Waals surface area contributed by atoms with Crippen LogP contribution < -0.4 is 9.47 Å². The summed E-state index contributed by atoms with van der Waals surface area (Å²) in [4.78, 5) is 18.2. The lowest BCUT2D eigenvalue weighted by molar-refractivity contribution is -0.0900. The van der Waals surface area contributed by atoms with E-state index in [2.05, 4.69) is 4.98 Å². The zero-order chi connectivity index (χ0) is 21.3. The van der Waals surface area contributed by atoms with Crippen LogP contribution in [0.4, 0.5) is 0 Å². The van der Waals surface area contributed by atoms with E-state index < -0.39 is 5.60 Å². The summed E-state index contributed by atoms with van der Waals surface area (Å²) in [6.07, 6.45) is 0.183. The van der Waals surface area contributed by atoms with Gasteiger partial charge in [0.1, 0.15) is 28.9 Å². The number of likely N-dealkylation sites (tertiary alicyclic amines) is 1. The SMILES string of the molecule is CCOc1ccc2[nH]c(C(=O)N3CC[C@H](Oc4ccccc4)[C@@](C)(O)C3)c(C)c2c1. The summed E-state index contributed by atoms with van der Waals surface area (Å²) in [6.45, 7) is 6.93. The van der Waals surface area contributed by atoms with Crippen molar-refractivity contribution in [3.63, 3.8) is 0 Å². The van der Waals surface area contributed by atoms with Crippen molar-refractivity contribution in [1.29, 1.82) is 0 Å². The fourth-order valence-electron chi connectivity index (χ4n) is 4.11. The van der Waals surface area contributed by atoms with Crippen LogP contribution in [0.25, 0.3) is 10.9 Å². The Morgan fingerprint density at radius 1 is 1.23 bits per heavy atom. The number of benzene rings is 2. The predicted molar refractivity (Wildman–Crippen MR) is 116 cm³/mol. The molecule has 4 rings (SSSR count). The number of carbonyl (C=O) groups excluding carboxylic acids is 1. The molecule has 0 unspecified atom stereocenters. The lowest BCUT2D eigenvalue weighted by Gasteiger charge is -2.42. The van der Waals surface area contributed by atoms with Crippen molar-refractivity contribution in [3.05, 3.63) is 59.8 Å². The molecule has 2 atom stereocenters. The van der Waals surface area contributed by atoms with Gasteiger partial charge in [0.15, 0.2) is 0 Å². The number of piperidine rings is 1. The van der Waals surface area contributed by atoms with Gasteiger partial charge in [0.05, 0.1) is 13.2 Å². The molecule has 1 aromatic heterocycles. The van der Waals surface area contributed by atoms with Gasteiger partial charge in [-0.15, -0.1) is 0 Å². The Hall–Kier alpha value is -2.99. The number of amides is 1. The first-order valence-corrected chi connectivity index (χ1v) is 10.4. The van der Waals surface area contributed by atoms with E-state index in [1.165, 1.54) is 0 Å². The van der Waals surface area contributed by atoms with E-state index in [4.69, 9.17) is 9.47 Å². The molecule has 0 spiro atoms. The van der Waals surface area contributed by atoms with Crippen molar-refractivity contribution in [1.82, 2.24) is 9.88 Å². The molecule has 1 aliphatic rings. The van der Waals surface area contributed by atoms with Gasteiger partial charge in [-0.3, -0.25) is 4.79 Å². The summed E-state index contributed by atoms with van der Waals surface area (Å²) in [5.74, 6) is 1.40. The monoisotopic (exact) mass is 408 g/mol. The molecule has 0 bridgehead atoms. The van der Waals surface area contributed by atoms with Crippen molar-refractivity contribution in [2.24, 2.45) is 0 Å². The molecule has 158 valence electrons. The molecule has 0 aliphatic carbocycles. The van der Waals surface area contributed by atoms with Crippen LogP contribution in [0.2, 0.25) is 0 Å². The molecule has 1 amide bonds. The molecule has 1 saturated heterocycles. The minimum atomic E-state index is -1.15. The topological polar surface area (TPSA) is 74.8 Å². The number of hydrogen-bond acceptors (Lipinski definition) is 4. The molecule has 2 N–H and O–H groups in total. The molecule has 1 aliphatic heterocycles. The summed E-state index contributed by atoms with van der Waals surface area (Å²) < 4.78 is 11.6. The molecule has 0 radical (unpaired) electrons. The van der Waals surface area contributed by atoms with E-state index in [1.54, 1.807) is 11.8 Å². The molecular weight excluding hydrogens is 380 g/mol. The summed E-state index contributed by atoms with van der Waals surface area (Å²) >= 11 is 0. The number of nitrogens with one attached hydrogen (secondary N) is 1. The molecular formula is C24H28N2O4. The summed E-state index contributed by atoms with van der Waals surface area (Å²) in [7, 11) is 0. The second-order valence-electron chi connectivity index (χ2n) is 8.06. The predicted octanol–water partition coefficient (Wildman–Crippen LogP) is 3.92. The Balaban J connectivity index is 1.52. The van der Waals surface area contributed by atoms with E-state index in [0.717, 1.165) is 28.0 Å². The highest BCUT2D eigenvalue weighted by molar-refractivity contribution is 6.01. The van der Waals surface area contributed by atoms with Crippen molar-refractivity contribution >= 4 is 16.8 Å². The number of carbonyl (C=O) groups is 1. The van der Waals surface area contributed by atoms with E-state index in [1.807, 2.05) is 62.4 Å². The molecule has 2 aromatic carbocycles. The van der Waals surface area contributed by atoms with Crippen molar-refractivity contribution in [2.75, 3.05) is 19.7 Å². The van der Waals surface area contributed by atoms with Gasteiger partial charge >= 0.3 is 0 Å². The number of aromatic nitrogens is 1. The Bertz CT molecular complexity index is 1040. The van der Waals surface area contributed by atoms with Gasteiger partial charge in [0.25, 0.3) is 5.91 Å². The van der Waals surface area contributed by atoms with Crippen molar-refractivity contribution < 1.29 is 19.4 Å². The van der Waals surface area contributed by atoms with Gasteiger partial charge in [-0.25, -0.2) is 0 Å². The van der Waals surface area contributed by atoms with Crippen molar-refractivity contribution in [3.8, 4) is 11.5 Å². The van der Waals surface area contributed by atoms with Crippen LogP contribution >= 0.6 is 0 Å². The Kier molecular flexibility index (Phi) is 5.43. The smallest absolute Gasteiger partial charge is 0.270 e. The number of aromatic amines is 1. The lowest BCUT2D eigenvalue weighted by Crippen LogP contribution is -2.58. The maximum absolute atomic E-state index is 13.3. The number of para-hydroxylation sites is 1. The van der Waals surface area contributed by atoms with E-state index >= 15 is 0 Å². The molecule has 1 fully saturated rings. The van der Waals surface area contributed by atoms with Crippen LogP contribution in [-0.2, 0) is 0 Å². The van der Waals surface area contributed by atoms with Crippen LogP contribution in [0.3, 0.4) is 0 Å². The Labute approximate surface area is 176 Å². The maximum Gasteiger partial charge on any atom is 0.270 e. The average molecular weight is 408 g/mol. The van der Waals surface area contributed by atoms with Crippen LogP contribution in [0.1, 0.15) is 36.3 Å². The largest absolute Gasteiger partial charge is 0.494 e. The third-order valence-corrected chi connectivity index (χ3v) is 5.73. The third-order valence-electron chi connectivity index (χ3n) is 5.73. The highest BCUT2D eigenvalue weighted by atomic mass is 16.5. The molecule has 6 nitrogen and oxygen atoms in total. The normalized spacial score (nSPS) is 21.6. The lowest BCUT2D eigenvalue weighted by atomic mass is 9.91. The Morgan fingerprint density at radius 2 is 2.00 bits per heavy atom. The number of aliphatic hydroxyl groups is 1. The summed E-state index contributed by atoms with van der Waals surface area (Å²) in [5, 5.41) is 12.0. The number of rotatable bonds is 5. The van der Waals surface area contributed by atoms with Gasteiger partial charge in [-0.2, -0.15) is 0 Å². The second-order valence-corrected chi connectivity index (χ2v) is 8.06. The fraction of sp³-hybridized carbons (Fsp3) is 0.375. The van der Waals surface area contributed by atoms with Gasteiger partial charge in [0, 0.05) is 23.9 Å². The number of fused-ring (bicyclic) bond motifs is 1. The van der Waals surface area contributed by atoms with Crippen LogP contribution in [0.5, 0.6) is 11.5 Å². The van der Waals surface area contributed by atoms with Crippen molar-refractivity contribution in [2.45, 2.75) is 38.9 Å². The summed E-state index contributed by atoms with van der Waals surface area (Å²) in [6, 6.07) is 15.3. The van der Waals surface area contributed by atoms with Gasteiger partial charge in [0.2, 0.25) is 0 Å². The van der Waals surface area contributed by atoms with E-state index in [-0.39, 0.29) is 18.6 Å². The molecule has 6 heteroatoms. The highest BCUT2D eigenvalue weighted by Crippen LogP contribution is 2.30. The number of hydrogen-bond donors (Lipinski definition) is 2. The first-order chi connectivity index (χ1) is 14.4. The average Bonchev–Trinajstić information content (AvgIpc) is 3.06. The minimum absolute atomic E-state index is 0.111. The highest BCUT2D eigenvalue weighted by Gasteiger charge is 2.41. The maximum atomic E-state index is 13.3. The molecule has 0 saturated carbocycles. The zero-order valence-electron chi connectivity index (χ0n) is 17.6. The molecule has 3 aromatic rings. The quantitative estimate of drug-likeness (QED) is 0.671. The zero-order valence-corrected chi connectivity index (χ0v) is 17.6. The van der Waals surface area contributed by atoms with Crippen LogP contribution in [0, 0.1) is 6.92 Å². The van der Waals surface area contributed by atoms with E-state index in [9.17, 15) is 9.90 Å². The Morgan fingerprint density at radius 3 is 2.70 bits per heavy atom. The number of β-amino-alcohol motifs (C(OH)–C–C–N with tert-alkyl or cyclic N) is 1. The van der Waals surface area contributed by atoms with Gasteiger partial charge in [-0.1, -0.05) is 18.2 Å². The standard InChI is InChI=1S/C24H28N2O4/c1-4-29-18-10-11-20-19(14-18)16(2)22(25-20)23(27)26-13-12-21(24(3,28)15-26)30-17-8-6-5-7-9-17/h5-11,14,21,25,28H,4,12-13,15H2,1-3H3/t21-,24-/m0/s1. The number of aryl methyl sites for hydroxylation is 1. The summed E-state index contributed by atoms with van der Waals surface area (Å²) in [5.41, 5.74) is 1.19. The first-order valence-electron chi connectivity index (χ1n) is 10.4. The third kappa shape index (κ3) is 3.87. The number of H-pyrrole nitrogens is 1. The second kappa shape index (κ2) is 8.03. The first kappa shape index (κ1) is 20.3. The van der Waals surface area contributed by atoms with Crippen LogP contribution in [0.15, 0.2) is 48.5 Å². The molecule has 2 heterocycles. The van der Waals surface area contributed by atoms with Gasteiger partial charge in [-0.05, 0) is 56.7 Å². The number of ether oxygens (including phenoxy) is 2. The fourth-order valence-corrected chi connectivity index (χ4v) is 4.11.